The molecule has 0 aliphatic carbocycles. The third-order valence-corrected chi connectivity index (χ3v) is 1.75. The zero-order valence-corrected chi connectivity index (χ0v) is 7.63. The van der Waals surface area contributed by atoms with E-state index < -0.39 is 21.8 Å². The van der Waals surface area contributed by atoms with Crippen LogP contribution in [-0.4, -0.2) is 31.3 Å². The summed E-state index contributed by atoms with van der Waals surface area (Å²) in [6.45, 7) is 2.11. The van der Waals surface area contributed by atoms with E-state index in [2.05, 4.69) is 4.74 Å². The topological polar surface area (TPSA) is 80.7 Å². The number of esters is 1. The molecule has 0 radical (unpaired) electrons. The van der Waals surface area contributed by atoms with Gasteiger partial charge in [-0.05, 0) is 6.42 Å². The van der Waals surface area contributed by atoms with Gasteiger partial charge in [-0.2, -0.15) is 8.42 Å². The summed E-state index contributed by atoms with van der Waals surface area (Å²) in [5.41, 5.74) is 0. The quantitative estimate of drug-likeness (QED) is 0.502. The van der Waals surface area contributed by atoms with Crippen molar-refractivity contribution >= 4 is 16.1 Å². The van der Waals surface area contributed by atoms with E-state index in [4.69, 9.17) is 4.55 Å². The number of carbonyl (C=O) groups is 1. The van der Waals surface area contributed by atoms with Crippen molar-refractivity contribution in [2.75, 3.05) is 12.4 Å². The van der Waals surface area contributed by atoms with Gasteiger partial charge in [0, 0.05) is 0 Å². The SMILES string of the molecule is CCCOC(=O)CCS(=O)(=O)O. The third kappa shape index (κ3) is 7.49. The fourth-order valence-electron chi connectivity index (χ4n) is 0.500. The summed E-state index contributed by atoms with van der Waals surface area (Å²) in [6.07, 6.45) is 0.399. The second kappa shape index (κ2) is 5.10. The summed E-state index contributed by atoms with van der Waals surface area (Å²) < 4.78 is 33.1. The Bertz CT molecular complexity index is 230. The van der Waals surface area contributed by atoms with Gasteiger partial charge in [-0.3, -0.25) is 9.35 Å². The molecule has 0 aromatic rings. The van der Waals surface area contributed by atoms with Gasteiger partial charge in [0.15, 0.2) is 0 Å². The molecule has 12 heavy (non-hydrogen) atoms. The second-order valence-electron chi connectivity index (χ2n) is 2.26. The highest BCUT2D eigenvalue weighted by Gasteiger charge is 2.09. The zero-order valence-electron chi connectivity index (χ0n) is 6.82. The minimum Gasteiger partial charge on any atom is -0.466 e. The first-order valence-electron chi connectivity index (χ1n) is 3.56. The first-order valence-corrected chi connectivity index (χ1v) is 5.17. The van der Waals surface area contributed by atoms with Gasteiger partial charge in [0.05, 0.1) is 18.8 Å². The predicted molar refractivity (Wildman–Crippen MR) is 42.3 cm³/mol. The van der Waals surface area contributed by atoms with Crippen molar-refractivity contribution in [3.05, 3.63) is 0 Å². The van der Waals surface area contributed by atoms with Crippen LogP contribution in [0.2, 0.25) is 0 Å². The Morgan fingerprint density at radius 3 is 2.50 bits per heavy atom. The van der Waals surface area contributed by atoms with Crippen LogP contribution in [0.25, 0.3) is 0 Å². The molecule has 0 fully saturated rings. The van der Waals surface area contributed by atoms with Gasteiger partial charge in [0.2, 0.25) is 0 Å². The number of rotatable bonds is 5. The summed E-state index contributed by atoms with van der Waals surface area (Å²) in [6, 6.07) is 0. The molecular weight excluding hydrogens is 184 g/mol. The number of hydrogen-bond acceptors (Lipinski definition) is 4. The zero-order chi connectivity index (χ0) is 9.61. The Hall–Kier alpha value is -0.620. The largest absolute Gasteiger partial charge is 0.466 e. The van der Waals surface area contributed by atoms with Crippen LogP contribution in [-0.2, 0) is 19.6 Å². The first-order chi connectivity index (χ1) is 5.45. The molecule has 0 aliphatic rings. The lowest BCUT2D eigenvalue weighted by atomic mass is 10.5. The minimum atomic E-state index is -4.05. The van der Waals surface area contributed by atoms with Gasteiger partial charge in [-0.25, -0.2) is 0 Å². The number of carbonyl (C=O) groups excluding carboxylic acids is 1. The average Bonchev–Trinajstić information content (AvgIpc) is 1.95. The van der Waals surface area contributed by atoms with Gasteiger partial charge >= 0.3 is 5.97 Å². The Morgan fingerprint density at radius 2 is 2.08 bits per heavy atom. The van der Waals surface area contributed by atoms with Crippen molar-refractivity contribution in [2.24, 2.45) is 0 Å². The molecule has 1 N–H and O–H groups in total. The highest BCUT2D eigenvalue weighted by Crippen LogP contribution is 1.92. The van der Waals surface area contributed by atoms with Crippen LogP contribution in [0.4, 0.5) is 0 Å². The highest BCUT2D eigenvalue weighted by atomic mass is 32.2. The molecule has 0 amide bonds. The summed E-state index contributed by atoms with van der Waals surface area (Å²) in [4.78, 5) is 10.7. The molecule has 0 heterocycles. The molecule has 0 unspecified atom stereocenters. The molecule has 0 spiro atoms. The highest BCUT2D eigenvalue weighted by molar-refractivity contribution is 7.85. The van der Waals surface area contributed by atoms with Crippen molar-refractivity contribution < 1.29 is 22.5 Å². The summed E-state index contributed by atoms with van der Waals surface area (Å²) in [7, 11) is -4.05. The van der Waals surface area contributed by atoms with Gasteiger partial charge in [0.25, 0.3) is 10.1 Å². The van der Waals surface area contributed by atoms with E-state index in [1.807, 2.05) is 6.92 Å². The van der Waals surface area contributed by atoms with Gasteiger partial charge in [-0.1, -0.05) is 6.92 Å². The van der Waals surface area contributed by atoms with E-state index in [9.17, 15) is 13.2 Å². The van der Waals surface area contributed by atoms with Crippen molar-refractivity contribution in [1.82, 2.24) is 0 Å². The molecule has 0 rings (SSSR count). The second-order valence-corrected chi connectivity index (χ2v) is 3.83. The fourth-order valence-corrected chi connectivity index (χ4v) is 0.925. The van der Waals surface area contributed by atoms with Gasteiger partial charge in [0.1, 0.15) is 0 Å². The maximum atomic E-state index is 10.7. The molecular formula is C6H12O5S. The Labute approximate surface area is 71.5 Å². The first kappa shape index (κ1) is 11.4. The molecule has 0 aromatic carbocycles. The van der Waals surface area contributed by atoms with Crippen molar-refractivity contribution in [3.8, 4) is 0 Å². The van der Waals surface area contributed by atoms with Crippen molar-refractivity contribution in [1.29, 1.82) is 0 Å². The summed E-state index contributed by atoms with van der Waals surface area (Å²) >= 11 is 0. The monoisotopic (exact) mass is 196 g/mol. The maximum absolute atomic E-state index is 10.7. The standard InChI is InChI=1S/C6H12O5S/c1-2-4-11-6(7)3-5-12(8,9)10/h2-5H2,1H3,(H,8,9,10). The van der Waals surface area contributed by atoms with Crippen LogP contribution in [0, 0.1) is 0 Å². The van der Waals surface area contributed by atoms with Crippen LogP contribution in [0.15, 0.2) is 0 Å². The van der Waals surface area contributed by atoms with Gasteiger partial charge < -0.3 is 4.74 Å². The molecule has 0 aliphatic heterocycles. The molecule has 0 saturated carbocycles. The fraction of sp³-hybridized carbons (Fsp3) is 0.833. The van der Waals surface area contributed by atoms with E-state index in [0.717, 1.165) is 0 Å². The van der Waals surface area contributed by atoms with E-state index in [1.54, 1.807) is 0 Å². The maximum Gasteiger partial charge on any atom is 0.306 e. The third-order valence-electron chi connectivity index (χ3n) is 1.03. The Balaban J connectivity index is 3.58. The Morgan fingerprint density at radius 1 is 1.50 bits per heavy atom. The Kier molecular flexibility index (Phi) is 4.84. The summed E-state index contributed by atoms with van der Waals surface area (Å²) in [5, 5.41) is 0. The predicted octanol–water partition coefficient (Wildman–Crippen LogP) is 0.217. The van der Waals surface area contributed by atoms with Crippen LogP contribution < -0.4 is 0 Å². The minimum absolute atomic E-state index is 0.282. The molecule has 5 nitrogen and oxygen atoms in total. The normalized spacial score (nSPS) is 11.2. The van der Waals surface area contributed by atoms with E-state index in [1.165, 1.54) is 0 Å². The average molecular weight is 196 g/mol. The lowest BCUT2D eigenvalue weighted by Gasteiger charge is -2.00. The van der Waals surface area contributed by atoms with Crippen LogP contribution in [0.1, 0.15) is 19.8 Å². The van der Waals surface area contributed by atoms with Gasteiger partial charge in [-0.15, -0.1) is 0 Å². The molecule has 0 saturated heterocycles. The van der Waals surface area contributed by atoms with Crippen LogP contribution >= 0.6 is 0 Å². The number of hydrogen-bond donors (Lipinski definition) is 1. The van der Waals surface area contributed by atoms with E-state index in [0.29, 0.717) is 6.42 Å². The van der Waals surface area contributed by atoms with Crippen molar-refractivity contribution in [2.45, 2.75) is 19.8 Å². The molecule has 6 heteroatoms. The summed E-state index contributed by atoms with van der Waals surface area (Å²) in [5.74, 6) is -1.18. The lowest BCUT2D eigenvalue weighted by molar-refractivity contribution is -0.143. The van der Waals surface area contributed by atoms with E-state index in [-0.39, 0.29) is 13.0 Å². The van der Waals surface area contributed by atoms with Crippen LogP contribution in [0.3, 0.4) is 0 Å². The molecule has 0 aromatic heterocycles. The van der Waals surface area contributed by atoms with Crippen molar-refractivity contribution in [3.63, 3.8) is 0 Å². The smallest absolute Gasteiger partial charge is 0.306 e. The molecule has 72 valence electrons. The van der Waals surface area contributed by atoms with E-state index >= 15 is 0 Å². The van der Waals surface area contributed by atoms with Crippen LogP contribution in [0.5, 0.6) is 0 Å². The molecule has 0 bridgehead atoms. The number of ether oxygens (including phenoxy) is 1. The lowest BCUT2D eigenvalue weighted by Crippen LogP contribution is -2.12. The molecule has 0 atom stereocenters.